The number of fused-ring (bicyclic) bond motifs is 2. The molecule has 14 heteroatoms. The fourth-order valence-corrected chi connectivity index (χ4v) is 6.05. The van der Waals surface area contributed by atoms with E-state index in [2.05, 4.69) is 35.3 Å². The summed E-state index contributed by atoms with van der Waals surface area (Å²) < 4.78 is 10.5. The molecular formula is C32H40N6O8. The molecule has 0 radical (unpaired) electrons. The number of nitrogens with zero attached hydrogens (tertiary/aromatic N) is 3. The summed E-state index contributed by atoms with van der Waals surface area (Å²) in [6.07, 6.45) is 11.3. The molecule has 3 heterocycles. The molecule has 4 unspecified atom stereocenters. The quantitative estimate of drug-likeness (QED) is 0.228. The molecule has 2 aromatic heterocycles. The van der Waals surface area contributed by atoms with E-state index in [1.165, 1.54) is 68.1 Å². The van der Waals surface area contributed by atoms with E-state index in [0.29, 0.717) is 11.8 Å². The van der Waals surface area contributed by atoms with Crippen molar-refractivity contribution in [3.8, 4) is 0 Å². The molecule has 1 aliphatic heterocycles. The molecule has 4 atom stereocenters. The van der Waals surface area contributed by atoms with Crippen LogP contribution in [0.2, 0.25) is 0 Å². The van der Waals surface area contributed by atoms with E-state index in [4.69, 9.17) is 0 Å². The third-order valence-electron chi connectivity index (χ3n) is 8.31. The highest BCUT2D eigenvalue weighted by atomic mass is 16.5. The Balaban J connectivity index is 1.45. The molecule has 2 fully saturated rings. The van der Waals surface area contributed by atoms with Gasteiger partial charge in [0.15, 0.2) is 0 Å². The van der Waals surface area contributed by atoms with E-state index in [0.717, 1.165) is 25.8 Å². The van der Waals surface area contributed by atoms with Gasteiger partial charge in [-0.3, -0.25) is 29.1 Å². The van der Waals surface area contributed by atoms with Crippen molar-refractivity contribution in [1.82, 2.24) is 25.1 Å². The summed E-state index contributed by atoms with van der Waals surface area (Å²) in [4.78, 5) is 82.2. The SMILES string of the molecule is COC(=O)/C=C/CCC(NC(=O)c1cncc(C(=O)OC)c1)C(=O)Nc1cccn(CC(=O)NC2C3CCCC(C3)CN2C)c1=O. The van der Waals surface area contributed by atoms with Crippen LogP contribution in [0.15, 0.2) is 53.7 Å². The van der Waals surface area contributed by atoms with Crippen LogP contribution in [0.4, 0.5) is 5.69 Å². The molecule has 0 aromatic carbocycles. The summed E-state index contributed by atoms with van der Waals surface area (Å²) in [7, 11) is 4.43. The van der Waals surface area contributed by atoms with Crippen LogP contribution in [0.3, 0.4) is 0 Å². The number of ether oxygens (including phenoxy) is 2. The molecule has 1 saturated heterocycles. The second-order valence-electron chi connectivity index (χ2n) is 11.6. The Hall–Kier alpha value is -4.85. The van der Waals surface area contributed by atoms with Crippen molar-refractivity contribution in [2.45, 2.75) is 57.3 Å². The number of amides is 3. The highest BCUT2D eigenvalue weighted by Gasteiger charge is 2.37. The maximum atomic E-state index is 13.4. The first-order chi connectivity index (χ1) is 22.1. The molecule has 2 aliphatic rings. The lowest BCUT2D eigenvalue weighted by atomic mass is 9.76. The molecule has 1 aliphatic carbocycles. The maximum absolute atomic E-state index is 13.4. The van der Waals surface area contributed by atoms with Crippen LogP contribution in [-0.4, -0.2) is 84.1 Å². The summed E-state index contributed by atoms with van der Waals surface area (Å²) in [6, 6.07) is 3.07. The Bertz CT molecular complexity index is 1540. The molecule has 2 aromatic rings. The summed E-state index contributed by atoms with van der Waals surface area (Å²) in [5.74, 6) is -1.95. The normalized spacial score (nSPS) is 19.9. The van der Waals surface area contributed by atoms with Crippen LogP contribution < -0.4 is 21.5 Å². The average Bonchev–Trinajstić information content (AvgIpc) is 3.05. The number of anilines is 1. The fourth-order valence-electron chi connectivity index (χ4n) is 6.05. The molecule has 14 nitrogen and oxygen atoms in total. The largest absolute Gasteiger partial charge is 0.466 e. The number of allylic oxidation sites excluding steroid dienone is 1. The Morgan fingerprint density at radius 1 is 1.11 bits per heavy atom. The van der Waals surface area contributed by atoms with E-state index < -0.39 is 35.4 Å². The molecule has 3 N–H and O–H groups in total. The molecule has 246 valence electrons. The molecule has 2 bridgehead atoms. The molecule has 4 rings (SSSR count). The van der Waals surface area contributed by atoms with Gasteiger partial charge >= 0.3 is 11.9 Å². The first-order valence-corrected chi connectivity index (χ1v) is 15.2. The highest BCUT2D eigenvalue weighted by Crippen LogP contribution is 2.36. The first-order valence-electron chi connectivity index (χ1n) is 15.2. The minimum absolute atomic E-state index is 0.00578. The van der Waals surface area contributed by atoms with Crippen LogP contribution in [0.25, 0.3) is 0 Å². The van der Waals surface area contributed by atoms with Gasteiger partial charge in [0, 0.05) is 31.2 Å². The lowest BCUT2D eigenvalue weighted by Crippen LogP contribution is -2.57. The lowest BCUT2D eigenvalue weighted by Gasteiger charge is -2.46. The van der Waals surface area contributed by atoms with Crippen molar-refractivity contribution in [3.05, 3.63) is 70.4 Å². The third-order valence-corrected chi connectivity index (χ3v) is 8.31. The van der Waals surface area contributed by atoms with Crippen LogP contribution >= 0.6 is 0 Å². The molecule has 3 amide bonds. The second kappa shape index (κ2) is 15.9. The van der Waals surface area contributed by atoms with Crippen molar-refractivity contribution < 1.29 is 33.4 Å². The Morgan fingerprint density at radius 2 is 1.89 bits per heavy atom. The lowest BCUT2D eigenvalue weighted by molar-refractivity contribution is -0.134. The highest BCUT2D eigenvalue weighted by molar-refractivity contribution is 6.02. The smallest absolute Gasteiger partial charge is 0.339 e. The zero-order chi connectivity index (χ0) is 33.2. The number of carbonyl (C=O) groups excluding carboxylic acids is 5. The van der Waals surface area contributed by atoms with Gasteiger partial charge in [0.25, 0.3) is 11.5 Å². The van der Waals surface area contributed by atoms with Gasteiger partial charge in [-0.05, 0) is 69.2 Å². The van der Waals surface area contributed by atoms with Gasteiger partial charge in [-0.15, -0.1) is 0 Å². The Kier molecular flexibility index (Phi) is 11.8. The predicted octanol–water partition coefficient (Wildman–Crippen LogP) is 1.47. The van der Waals surface area contributed by atoms with Crippen LogP contribution in [0, 0.1) is 11.8 Å². The molecule has 1 saturated carbocycles. The standard InChI is InChI=1S/C32H40N6O8/c1-37-18-20-8-6-9-21(14-20)28(37)36-26(39)19-38-13-7-11-25(31(38)43)35-30(42)24(10-4-5-12-27(40)45-2)34-29(41)22-15-23(17-33-16-22)32(44)46-3/h5,7,11-13,15-17,20-21,24,28H,4,6,8-10,14,18-19H2,1-3H3,(H,34,41)(H,35,42)(H,36,39)/b12-5+. The number of nitrogens with one attached hydrogen (secondary N) is 3. The third kappa shape index (κ3) is 8.87. The first kappa shape index (κ1) is 34.0. The number of piperidine rings is 1. The number of hydrogen-bond acceptors (Lipinski definition) is 10. The Morgan fingerprint density at radius 3 is 2.65 bits per heavy atom. The van der Waals surface area contributed by atoms with E-state index >= 15 is 0 Å². The van der Waals surface area contributed by atoms with E-state index in [1.807, 2.05) is 7.05 Å². The van der Waals surface area contributed by atoms with Crippen molar-refractivity contribution in [2.24, 2.45) is 11.8 Å². The van der Waals surface area contributed by atoms with Gasteiger partial charge < -0.3 is 30.0 Å². The molecule has 0 spiro atoms. The van der Waals surface area contributed by atoms with Crippen molar-refractivity contribution in [1.29, 1.82) is 0 Å². The van der Waals surface area contributed by atoms with Gasteiger partial charge in [-0.25, -0.2) is 9.59 Å². The number of aromatic nitrogens is 2. The van der Waals surface area contributed by atoms with Gasteiger partial charge in [0.2, 0.25) is 11.8 Å². The van der Waals surface area contributed by atoms with Crippen LogP contribution in [-0.2, 0) is 30.4 Å². The summed E-state index contributed by atoms with van der Waals surface area (Å²) >= 11 is 0. The molecule has 46 heavy (non-hydrogen) atoms. The zero-order valence-electron chi connectivity index (χ0n) is 26.2. The van der Waals surface area contributed by atoms with E-state index in [9.17, 15) is 28.8 Å². The monoisotopic (exact) mass is 636 g/mol. The summed E-state index contributed by atoms with van der Waals surface area (Å²) in [5, 5.41) is 8.26. The number of methoxy groups -OCH3 is 2. The summed E-state index contributed by atoms with van der Waals surface area (Å²) in [6.45, 7) is 0.692. The fraction of sp³-hybridized carbons (Fsp3) is 0.469. The number of likely N-dealkylation sites (tertiary alicyclic amines) is 1. The minimum atomic E-state index is -1.16. The molecular weight excluding hydrogens is 596 g/mol. The average molecular weight is 637 g/mol. The summed E-state index contributed by atoms with van der Waals surface area (Å²) in [5.41, 5.74) is -0.620. The number of pyridine rings is 2. The van der Waals surface area contributed by atoms with E-state index in [1.54, 1.807) is 6.07 Å². The second-order valence-corrected chi connectivity index (χ2v) is 11.6. The van der Waals surface area contributed by atoms with Crippen LogP contribution in [0.5, 0.6) is 0 Å². The van der Waals surface area contributed by atoms with Crippen molar-refractivity contribution in [2.75, 3.05) is 33.1 Å². The van der Waals surface area contributed by atoms with Gasteiger partial charge in [-0.2, -0.15) is 0 Å². The number of esters is 2. The van der Waals surface area contributed by atoms with Gasteiger partial charge in [0.1, 0.15) is 18.3 Å². The van der Waals surface area contributed by atoms with Crippen LogP contribution in [0.1, 0.15) is 59.2 Å². The number of hydrogen-bond donors (Lipinski definition) is 3. The topological polar surface area (TPSA) is 178 Å². The number of carbonyl (C=O) groups is 5. The van der Waals surface area contributed by atoms with E-state index in [-0.39, 0.29) is 48.3 Å². The van der Waals surface area contributed by atoms with Crippen molar-refractivity contribution >= 4 is 35.3 Å². The minimum Gasteiger partial charge on any atom is -0.466 e. The predicted molar refractivity (Wildman–Crippen MR) is 167 cm³/mol. The zero-order valence-corrected chi connectivity index (χ0v) is 26.2. The number of rotatable bonds is 12. The van der Waals surface area contributed by atoms with Crippen molar-refractivity contribution in [3.63, 3.8) is 0 Å². The Labute approximate surface area is 266 Å². The van der Waals surface area contributed by atoms with Gasteiger partial charge in [-0.1, -0.05) is 12.5 Å². The van der Waals surface area contributed by atoms with Gasteiger partial charge in [0.05, 0.1) is 31.5 Å². The maximum Gasteiger partial charge on any atom is 0.339 e.